The lowest BCUT2D eigenvalue weighted by molar-refractivity contribution is 0.577. The van der Waals surface area contributed by atoms with Crippen LogP contribution in [0.1, 0.15) is 13.8 Å². The van der Waals surface area contributed by atoms with Gasteiger partial charge in [0.15, 0.2) is 0 Å². The largest absolute Gasteiger partial charge is 0.345 e. The molecule has 15 heavy (non-hydrogen) atoms. The molecule has 1 N–H and O–H groups in total. The first-order chi connectivity index (χ1) is 7.00. The van der Waals surface area contributed by atoms with Gasteiger partial charge in [0.05, 0.1) is 6.54 Å². The van der Waals surface area contributed by atoms with Crippen LogP contribution in [0.2, 0.25) is 0 Å². The van der Waals surface area contributed by atoms with Gasteiger partial charge in [-0.05, 0) is 5.57 Å². The lowest BCUT2D eigenvalue weighted by atomic mass is 10.3. The normalized spacial score (nSPS) is 10.9. The Labute approximate surface area is 89.4 Å². The topological polar surface area (TPSA) is 51.9 Å². The van der Waals surface area contributed by atoms with Gasteiger partial charge < -0.3 is 5.32 Å². The summed E-state index contributed by atoms with van der Waals surface area (Å²) in [6.07, 6.45) is 1.51. The fourth-order valence-electron chi connectivity index (χ4n) is 1.15. The van der Waals surface area contributed by atoms with E-state index in [1.165, 1.54) is 15.6 Å². The molecule has 0 amide bonds. The summed E-state index contributed by atoms with van der Waals surface area (Å²) < 4.78 is 2.85. The Morgan fingerprint density at radius 2 is 2.33 bits per heavy atom. The molecule has 1 aromatic rings. The van der Waals surface area contributed by atoms with Crippen LogP contribution in [0.3, 0.4) is 0 Å². The highest BCUT2D eigenvalue weighted by Crippen LogP contribution is 1.92. The number of nitrogens with zero attached hydrogens (tertiary/aromatic N) is 3. The van der Waals surface area contributed by atoms with Crippen molar-refractivity contribution in [2.24, 2.45) is 7.05 Å². The molecule has 0 saturated heterocycles. The van der Waals surface area contributed by atoms with Crippen LogP contribution in [-0.4, -0.2) is 26.9 Å². The van der Waals surface area contributed by atoms with E-state index in [-0.39, 0.29) is 5.69 Å². The fourth-order valence-corrected chi connectivity index (χ4v) is 1.15. The van der Waals surface area contributed by atoms with E-state index in [0.717, 1.165) is 5.57 Å². The van der Waals surface area contributed by atoms with Gasteiger partial charge in [-0.25, -0.2) is 9.48 Å². The van der Waals surface area contributed by atoms with Gasteiger partial charge in [-0.1, -0.05) is 20.4 Å². The Morgan fingerprint density at radius 3 is 2.80 bits per heavy atom. The molecule has 1 heterocycles. The number of aryl methyl sites for hydroxylation is 1. The molecular weight excluding hydrogens is 192 g/mol. The van der Waals surface area contributed by atoms with Crippen LogP contribution >= 0.6 is 0 Å². The van der Waals surface area contributed by atoms with E-state index in [0.29, 0.717) is 19.1 Å². The van der Waals surface area contributed by atoms with Crippen molar-refractivity contribution in [3.63, 3.8) is 0 Å². The molecule has 0 aliphatic carbocycles. The molecular formula is C10H18N4O. The lowest BCUT2D eigenvalue weighted by Crippen LogP contribution is -2.29. The van der Waals surface area contributed by atoms with E-state index in [2.05, 4.69) is 30.8 Å². The molecule has 0 aliphatic rings. The summed E-state index contributed by atoms with van der Waals surface area (Å²) in [5.74, 6) is 0. The molecule has 1 rings (SSSR count). The Morgan fingerprint density at radius 1 is 1.67 bits per heavy atom. The maximum absolute atomic E-state index is 11.4. The predicted molar refractivity (Wildman–Crippen MR) is 59.7 cm³/mol. The zero-order chi connectivity index (χ0) is 11.4. The highest BCUT2D eigenvalue weighted by molar-refractivity contribution is 4.96. The maximum Gasteiger partial charge on any atom is 0.345 e. The number of hydrogen-bond donors (Lipinski definition) is 1. The Balaban J connectivity index is 2.52. The van der Waals surface area contributed by atoms with Crippen molar-refractivity contribution < 1.29 is 0 Å². The van der Waals surface area contributed by atoms with Crippen molar-refractivity contribution >= 4 is 0 Å². The Bertz CT molecular complexity index is 388. The van der Waals surface area contributed by atoms with E-state index < -0.39 is 0 Å². The SMILES string of the molecule is C=C(CNC(C)C)Cn1ncn(C)c1=O. The molecule has 0 aliphatic heterocycles. The van der Waals surface area contributed by atoms with Gasteiger partial charge in [0.2, 0.25) is 0 Å². The average Bonchev–Trinajstić information content (AvgIpc) is 2.47. The van der Waals surface area contributed by atoms with Crippen molar-refractivity contribution in [1.29, 1.82) is 0 Å². The quantitative estimate of drug-likeness (QED) is 0.703. The molecule has 84 valence electrons. The van der Waals surface area contributed by atoms with Crippen molar-refractivity contribution in [2.45, 2.75) is 26.4 Å². The van der Waals surface area contributed by atoms with Gasteiger partial charge in [0.1, 0.15) is 6.33 Å². The van der Waals surface area contributed by atoms with E-state index in [1.54, 1.807) is 7.05 Å². The molecule has 0 unspecified atom stereocenters. The second-order valence-corrected chi connectivity index (χ2v) is 3.97. The molecule has 0 saturated carbocycles. The van der Waals surface area contributed by atoms with Crippen molar-refractivity contribution in [3.05, 3.63) is 29.0 Å². The third-order valence-corrected chi connectivity index (χ3v) is 2.02. The van der Waals surface area contributed by atoms with E-state index in [1.807, 2.05) is 0 Å². The van der Waals surface area contributed by atoms with Gasteiger partial charge in [-0.15, -0.1) is 0 Å². The lowest BCUT2D eigenvalue weighted by Gasteiger charge is -2.09. The summed E-state index contributed by atoms with van der Waals surface area (Å²) in [5, 5.41) is 7.20. The first kappa shape index (κ1) is 11.7. The van der Waals surface area contributed by atoms with E-state index >= 15 is 0 Å². The standard InChI is InChI=1S/C10H18N4O/c1-8(2)11-5-9(3)6-14-10(15)13(4)7-12-14/h7-8,11H,3,5-6H2,1-2,4H3. The number of aromatic nitrogens is 3. The highest BCUT2D eigenvalue weighted by atomic mass is 16.2. The summed E-state index contributed by atoms with van der Waals surface area (Å²) in [6.45, 7) is 9.22. The van der Waals surface area contributed by atoms with Crippen LogP contribution in [0, 0.1) is 0 Å². The minimum atomic E-state index is -0.110. The van der Waals surface area contributed by atoms with Crippen molar-refractivity contribution in [1.82, 2.24) is 19.7 Å². The molecule has 5 heteroatoms. The zero-order valence-electron chi connectivity index (χ0n) is 9.53. The fraction of sp³-hybridized carbons (Fsp3) is 0.600. The monoisotopic (exact) mass is 210 g/mol. The number of hydrogen-bond acceptors (Lipinski definition) is 3. The van der Waals surface area contributed by atoms with Crippen LogP contribution in [0.25, 0.3) is 0 Å². The summed E-state index contributed by atoms with van der Waals surface area (Å²) in [7, 11) is 1.68. The number of rotatable bonds is 5. The molecule has 0 radical (unpaired) electrons. The molecule has 0 bridgehead atoms. The van der Waals surface area contributed by atoms with Crippen LogP contribution in [-0.2, 0) is 13.6 Å². The first-order valence-corrected chi connectivity index (χ1v) is 4.99. The summed E-state index contributed by atoms with van der Waals surface area (Å²) in [6, 6.07) is 0.419. The second-order valence-electron chi connectivity index (χ2n) is 3.97. The van der Waals surface area contributed by atoms with Crippen molar-refractivity contribution in [2.75, 3.05) is 6.54 Å². The minimum absolute atomic E-state index is 0.110. The van der Waals surface area contributed by atoms with E-state index in [9.17, 15) is 4.79 Å². The number of nitrogens with one attached hydrogen (secondary N) is 1. The van der Waals surface area contributed by atoms with Gasteiger partial charge in [-0.2, -0.15) is 5.10 Å². The van der Waals surface area contributed by atoms with Gasteiger partial charge in [-0.3, -0.25) is 4.57 Å². The average molecular weight is 210 g/mol. The molecule has 0 aromatic carbocycles. The van der Waals surface area contributed by atoms with Crippen LogP contribution in [0.5, 0.6) is 0 Å². The van der Waals surface area contributed by atoms with E-state index in [4.69, 9.17) is 0 Å². The zero-order valence-corrected chi connectivity index (χ0v) is 9.53. The summed E-state index contributed by atoms with van der Waals surface area (Å²) in [5.41, 5.74) is 0.838. The van der Waals surface area contributed by atoms with Crippen molar-refractivity contribution in [3.8, 4) is 0 Å². The highest BCUT2D eigenvalue weighted by Gasteiger charge is 2.03. The Kier molecular flexibility index (Phi) is 3.85. The summed E-state index contributed by atoms with van der Waals surface area (Å²) in [4.78, 5) is 11.4. The molecule has 0 spiro atoms. The summed E-state index contributed by atoms with van der Waals surface area (Å²) >= 11 is 0. The maximum atomic E-state index is 11.4. The molecule has 0 atom stereocenters. The van der Waals surface area contributed by atoms with Gasteiger partial charge >= 0.3 is 5.69 Å². The molecule has 1 aromatic heterocycles. The molecule has 5 nitrogen and oxygen atoms in total. The van der Waals surface area contributed by atoms with Crippen LogP contribution in [0.15, 0.2) is 23.3 Å². The second kappa shape index (κ2) is 4.93. The Hall–Kier alpha value is -1.36. The third kappa shape index (κ3) is 3.36. The smallest absolute Gasteiger partial charge is 0.311 e. The van der Waals surface area contributed by atoms with Crippen LogP contribution < -0.4 is 11.0 Å². The molecule has 0 fully saturated rings. The van der Waals surface area contributed by atoms with Gasteiger partial charge in [0.25, 0.3) is 0 Å². The van der Waals surface area contributed by atoms with Gasteiger partial charge in [0, 0.05) is 19.6 Å². The first-order valence-electron chi connectivity index (χ1n) is 4.99. The predicted octanol–water partition coefficient (Wildman–Crippen LogP) is 0.136. The minimum Gasteiger partial charge on any atom is -0.311 e. The van der Waals surface area contributed by atoms with Crippen LogP contribution in [0.4, 0.5) is 0 Å². The third-order valence-electron chi connectivity index (χ3n) is 2.02.